The second-order valence-corrected chi connectivity index (χ2v) is 8.39. The van der Waals surface area contributed by atoms with Gasteiger partial charge in [0.2, 0.25) is 11.8 Å². The van der Waals surface area contributed by atoms with Gasteiger partial charge in [0.05, 0.1) is 6.04 Å². The first-order valence-electron chi connectivity index (χ1n) is 9.65. The lowest BCUT2D eigenvalue weighted by molar-refractivity contribution is -0.151. The number of carboxylic acids is 1. The summed E-state index contributed by atoms with van der Waals surface area (Å²) in [5.74, 6) is -7.02. The predicted octanol–water partition coefficient (Wildman–Crippen LogP) is 0.795. The number of carbonyl (C=O) groups is 3. The van der Waals surface area contributed by atoms with Crippen LogP contribution in [0.4, 0.5) is 17.6 Å². The Balaban J connectivity index is 2.84. The van der Waals surface area contributed by atoms with Crippen molar-refractivity contribution in [1.29, 1.82) is 0 Å². The third-order valence-corrected chi connectivity index (χ3v) is 4.47. The van der Waals surface area contributed by atoms with Gasteiger partial charge in [0.15, 0.2) is 23.9 Å². The number of hydrogen-bond donors (Lipinski definition) is 5. The number of amides is 2. The van der Waals surface area contributed by atoms with E-state index in [1.165, 1.54) is 0 Å². The Morgan fingerprint density at radius 3 is 2.19 bits per heavy atom. The molecule has 0 aliphatic heterocycles. The van der Waals surface area contributed by atoms with E-state index >= 15 is 0 Å². The van der Waals surface area contributed by atoms with Crippen LogP contribution in [0, 0.1) is 22.9 Å². The highest BCUT2D eigenvalue weighted by Gasteiger charge is 2.35. The van der Waals surface area contributed by atoms with Gasteiger partial charge in [-0.15, -0.1) is 0 Å². The maximum atomic E-state index is 14.5. The summed E-state index contributed by atoms with van der Waals surface area (Å²) in [5, 5.41) is 22.8. The summed E-state index contributed by atoms with van der Waals surface area (Å²) in [7, 11) is 0. The van der Waals surface area contributed by atoms with Crippen molar-refractivity contribution >= 4 is 17.8 Å². The maximum Gasteiger partial charge on any atom is 0.335 e. The molecule has 0 fully saturated rings. The molecule has 1 aromatic carbocycles. The number of aliphatic carboxylic acids is 1. The van der Waals surface area contributed by atoms with Crippen molar-refractivity contribution < 1.29 is 42.2 Å². The molecule has 1 aromatic rings. The molecule has 12 heteroatoms. The van der Waals surface area contributed by atoms with Crippen LogP contribution in [0.15, 0.2) is 12.1 Å². The Labute approximate surface area is 182 Å². The van der Waals surface area contributed by atoms with Gasteiger partial charge in [0.25, 0.3) is 0 Å². The molecule has 2 amide bonds. The molecule has 1 rings (SSSR count). The molecule has 0 bridgehead atoms. The highest BCUT2D eigenvalue weighted by atomic mass is 19.2. The molecule has 0 spiro atoms. The zero-order valence-electron chi connectivity index (χ0n) is 17.8. The number of carboxylic acid groups (broad SMARTS) is 1. The normalized spacial score (nSPS) is 15.4. The van der Waals surface area contributed by atoms with Crippen molar-refractivity contribution in [3.8, 4) is 0 Å². The lowest BCUT2D eigenvalue weighted by Gasteiger charge is -2.27. The smallest absolute Gasteiger partial charge is 0.335 e. The molecule has 0 saturated carbocycles. The molecule has 2 unspecified atom stereocenters. The van der Waals surface area contributed by atoms with Crippen LogP contribution in [-0.4, -0.2) is 58.9 Å². The predicted molar refractivity (Wildman–Crippen MR) is 106 cm³/mol. The molecule has 0 radical (unpaired) electrons. The second-order valence-electron chi connectivity index (χ2n) is 8.39. The van der Waals surface area contributed by atoms with Crippen LogP contribution in [0.25, 0.3) is 0 Å². The number of benzene rings is 1. The van der Waals surface area contributed by atoms with Crippen molar-refractivity contribution in [1.82, 2.24) is 10.6 Å². The van der Waals surface area contributed by atoms with Crippen LogP contribution in [0.5, 0.6) is 0 Å². The standard InChI is InChI=1S/C20H27F4N3O5/c1-20(2,3)19(32)26-8-14(16(24)17(29)18(30)31)27-15(28)6-10(25)4-9-5-12(22)13(23)7-11(9)21/h5,7,10,14,16-17,29H,4,6,8,25H2,1-3H3,(H,26,32)(H,27,28)(H,30,31)/t10-,14-,16?,17?/m1/s1. The number of aliphatic hydroxyl groups excluding tert-OH is 1. The van der Waals surface area contributed by atoms with Gasteiger partial charge in [-0.05, 0) is 18.1 Å². The van der Waals surface area contributed by atoms with E-state index in [9.17, 15) is 37.1 Å². The maximum absolute atomic E-state index is 14.5. The third-order valence-electron chi connectivity index (χ3n) is 4.47. The summed E-state index contributed by atoms with van der Waals surface area (Å²) in [4.78, 5) is 35.2. The van der Waals surface area contributed by atoms with Crippen molar-refractivity contribution in [2.24, 2.45) is 11.1 Å². The zero-order chi connectivity index (χ0) is 24.8. The minimum absolute atomic E-state index is 0.275. The molecule has 8 nitrogen and oxygen atoms in total. The van der Waals surface area contributed by atoms with Gasteiger partial charge < -0.3 is 26.6 Å². The average molecular weight is 465 g/mol. The van der Waals surface area contributed by atoms with Gasteiger partial charge in [0, 0.05) is 30.5 Å². The lowest BCUT2D eigenvalue weighted by atomic mass is 9.95. The molecule has 180 valence electrons. The number of halogens is 4. The van der Waals surface area contributed by atoms with E-state index in [1.807, 2.05) is 0 Å². The summed E-state index contributed by atoms with van der Waals surface area (Å²) in [6.45, 7) is 4.20. The van der Waals surface area contributed by atoms with E-state index in [4.69, 9.17) is 10.8 Å². The number of rotatable bonds is 10. The first-order valence-corrected chi connectivity index (χ1v) is 9.65. The number of aliphatic hydroxyl groups is 1. The SMILES string of the molecule is CC(C)(C)C(=O)NC[C@@H](NC(=O)C[C@H](N)Cc1cc(F)c(F)cc1F)C(F)C(O)C(=O)O. The van der Waals surface area contributed by atoms with E-state index in [0.717, 1.165) is 0 Å². The Morgan fingerprint density at radius 1 is 1.09 bits per heavy atom. The Bertz CT molecular complexity index is 847. The van der Waals surface area contributed by atoms with Crippen LogP contribution >= 0.6 is 0 Å². The Kier molecular flexibility index (Phi) is 9.58. The molecule has 0 aromatic heterocycles. The van der Waals surface area contributed by atoms with E-state index in [1.54, 1.807) is 20.8 Å². The van der Waals surface area contributed by atoms with Gasteiger partial charge >= 0.3 is 5.97 Å². The molecular formula is C20H27F4N3O5. The quantitative estimate of drug-likeness (QED) is 0.256. The molecule has 6 N–H and O–H groups in total. The first-order chi connectivity index (χ1) is 14.6. The van der Waals surface area contributed by atoms with E-state index in [2.05, 4.69) is 10.6 Å². The van der Waals surface area contributed by atoms with Gasteiger partial charge in [-0.1, -0.05) is 20.8 Å². The zero-order valence-corrected chi connectivity index (χ0v) is 17.8. The fraction of sp³-hybridized carbons (Fsp3) is 0.550. The first kappa shape index (κ1) is 27.3. The number of nitrogens with two attached hydrogens (primary N) is 1. The number of alkyl halides is 1. The summed E-state index contributed by atoms with van der Waals surface area (Å²) >= 11 is 0. The van der Waals surface area contributed by atoms with Gasteiger partial charge in [0.1, 0.15) is 5.82 Å². The number of nitrogens with one attached hydrogen (secondary N) is 2. The van der Waals surface area contributed by atoms with Crippen molar-refractivity contribution in [2.45, 2.75) is 58.0 Å². The fourth-order valence-corrected chi connectivity index (χ4v) is 2.65. The van der Waals surface area contributed by atoms with Crippen LogP contribution < -0.4 is 16.4 Å². The largest absolute Gasteiger partial charge is 0.479 e. The minimum Gasteiger partial charge on any atom is -0.479 e. The van der Waals surface area contributed by atoms with Crippen LogP contribution in [0.3, 0.4) is 0 Å². The molecule has 0 aliphatic carbocycles. The molecular weight excluding hydrogens is 438 g/mol. The lowest BCUT2D eigenvalue weighted by Crippen LogP contribution is -2.55. The molecule has 0 aliphatic rings. The van der Waals surface area contributed by atoms with Gasteiger partial charge in [-0.25, -0.2) is 22.4 Å². The number of hydrogen-bond acceptors (Lipinski definition) is 5. The van der Waals surface area contributed by atoms with Gasteiger partial charge in [-0.3, -0.25) is 9.59 Å². The van der Waals surface area contributed by atoms with Crippen LogP contribution in [-0.2, 0) is 20.8 Å². The summed E-state index contributed by atoms with van der Waals surface area (Å²) in [6, 6.07) is -1.76. The summed E-state index contributed by atoms with van der Waals surface area (Å²) in [6.07, 6.45) is -5.81. The third kappa shape index (κ3) is 8.08. The molecule has 4 atom stereocenters. The Morgan fingerprint density at radius 2 is 1.66 bits per heavy atom. The van der Waals surface area contributed by atoms with E-state index in [-0.39, 0.29) is 12.0 Å². The monoisotopic (exact) mass is 465 g/mol. The number of carbonyl (C=O) groups excluding carboxylic acids is 2. The Hall–Kier alpha value is -2.73. The van der Waals surface area contributed by atoms with Crippen LogP contribution in [0.1, 0.15) is 32.8 Å². The average Bonchev–Trinajstić information content (AvgIpc) is 2.66. The highest BCUT2D eigenvalue weighted by Crippen LogP contribution is 2.16. The van der Waals surface area contributed by atoms with Crippen LogP contribution in [0.2, 0.25) is 0 Å². The summed E-state index contributed by atoms with van der Waals surface area (Å²) in [5.41, 5.74) is 4.62. The van der Waals surface area contributed by atoms with Gasteiger partial charge in [-0.2, -0.15) is 0 Å². The van der Waals surface area contributed by atoms with Crippen molar-refractivity contribution in [3.05, 3.63) is 35.1 Å². The second kappa shape index (κ2) is 11.2. The van der Waals surface area contributed by atoms with Crippen molar-refractivity contribution in [2.75, 3.05) is 6.54 Å². The van der Waals surface area contributed by atoms with E-state index in [0.29, 0.717) is 12.1 Å². The molecule has 0 heterocycles. The topological polar surface area (TPSA) is 142 Å². The minimum atomic E-state index is -2.48. The summed E-state index contributed by atoms with van der Waals surface area (Å²) < 4.78 is 54.5. The van der Waals surface area contributed by atoms with E-state index < -0.39 is 78.0 Å². The highest BCUT2D eigenvalue weighted by molar-refractivity contribution is 5.81. The molecule has 32 heavy (non-hydrogen) atoms. The van der Waals surface area contributed by atoms with Crippen molar-refractivity contribution in [3.63, 3.8) is 0 Å². The fourth-order valence-electron chi connectivity index (χ4n) is 2.65. The molecule has 0 saturated heterocycles.